The fourth-order valence-electron chi connectivity index (χ4n) is 1.53. The van der Waals surface area contributed by atoms with E-state index in [0.29, 0.717) is 26.9 Å². The molecule has 2 N–H and O–H groups in total. The molecule has 0 fully saturated rings. The molecule has 18 heavy (non-hydrogen) atoms. The Bertz CT molecular complexity index is 628. The number of rotatable bonds is 2. The van der Waals surface area contributed by atoms with Gasteiger partial charge in [-0.3, -0.25) is 4.79 Å². The van der Waals surface area contributed by atoms with Gasteiger partial charge in [0, 0.05) is 21.3 Å². The monoisotopic (exact) mass is 343 g/mol. The minimum Gasteiger partial charge on any atom is -0.398 e. The molecule has 0 unspecified atom stereocenters. The summed E-state index contributed by atoms with van der Waals surface area (Å²) in [5.41, 5.74) is 7.13. The Labute approximate surface area is 123 Å². The molecule has 0 aliphatic rings. The fraction of sp³-hybridized carbons (Fsp3) is 0. The molecule has 0 atom stereocenters. The summed E-state index contributed by atoms with van der Waals surface area (Å²) in [5, 5.41) is 0.759. The summed E-state index contributed by atoms with van der Waals surface area (Å²) in [6, 6.07) is 9.87. The number of carbonyl (C=O) groups is 1. The minimum absolute atomic E-state index is 0.182. The largest absolute Gasteiger partial charge is 0.398 e. The first-order valence-electron chi connectivity index (χ1n) is 5.04. The number of ketones is 1. The van der Waals surface area contributed by atoms with Crippen molar-refractivity contribution in [3.63, 3.8) is 0 Å². The van der Waals surface area contributed by atoms with Crippen LogP contribution in [0.3, 0.4) is 0 Å². The quantitative estimate of drug-likeness (QED) is 0.640. The summed E-state index contributed by atoms with van der Waals surface area (Å²) in [4.78, 5) is 12.2. The van der Waals surface area contributed by atoms with Crippen molar-refractivity contribution < 1.29 is 4.79 Å². The average Bonchev–Trinajstić information content (AvgIpc) is 2.32. The lowest BCUT2D eigenvalue weighted by Gasteiger charge is -2.06. The predicted octanol–water partition coefficient (Wildman–Crippen LogP) is 4.57. The van der Waals surface area contributed by atoms with Gasteiger partial charge in [0.25, 0.3) is 0 Å². The number of carbonyl (C=O) groups excluding carboxylic acids is 1. The number of nitrogens with two attached hydrogens (primary N) is 1. The summed E-state index contributed by atoms with van der Waals surface area (Å²) in [6.45, 7) is 0. The van der Waals surface area contributed by atoms with Crippen LogP contribution in [-0.4, -0.2) is 5.78 Å². The van der Waals surface area contributed by atoms with Crippen LogP contribution in [-0.2, 0) is 0 Å². The molecular formula is C13H8BrCl2NO. The molecule has 2 aromatic rings. The van der Waals surface area contributed by atoms with Gasteiger partial charge in [-0.05, 0) is 36.4 Å². The van der Waals surface area contributed by atoms with E-state index in [1.54, 1.807) is 30.3 Å². The maximum atomic E-state index is 12.2. The van der Waals surface area contributed by atoms with Crippen LogP contribution in [0, 0.1) is 0 Å². The van der Waals surface area contributed by atoms with Gasteiger partial charge in [0.2, 0.25) is 0 Å². The second kappa shape index (κ2) is 5.31. The van der Waals surface area contributed by atoms with Crippen LogP contribution in [0.15, 0.2) is 40.9 Å². The highest BCUT2D eigenvalue weighted by Gasteiger charge is 2.13. The summed E-state index contributed by atoms with van der Waals surface area (Å²) in [7, 11) is 0. The van der Waals surface area contributed by atoms with Gasteiger partial charge in [-0.15, -0.1) is 0 Å². The van der Waals surface area contributed by atoms with E-state index in [-0.39, 0.29) is 5.78 Å². The first-order chi connectivity index (χ1) is 8.49. The number of nitrogen functional groups attached to an aromatic ring is 1. The third-order valence-electron chi connectivity index (χ3n) is 2.44. The van der Waals surface area contributed by atoms with Crippen LogP contribution in [0.5, 0.6) is 0 Å². The van der Waals surface area contributed by atoms with Crippen LogP contribution in [0.2, 0.25) is 10.0 Å². The van der Waals surface area contributed by atoms with Crippen molar-refractivity contribution in [1.29, 1.82) is 0 Å². The van der Waals surface area contributed by atoms with Crippen LogP contribution >= 0.6 is 39.1 Å². The van der Waals surface area contributed by atoms with Crippen LogP contribution in [0.4, 0.5) is 5.69 Å². The molecule has 2 nitrogen and oxygen atoms in total. The molecule has 2 aromatic carbocycles. The van der Waals surface area contributed by atoms with Gasteiger partial charge in [0.05, 0.1) is 10.0 Å². The van der Waals surface area contributed by atoms with Crippen molar-refractivity contribution in [2.24, 2.45) is 0 Å². The van der Waals surface area contributed by atoms with E-state index in [2.05, 4.69) is 15.9 Å². The van der Waals surface area contributed by atoms with Gasteiger partial charge in [-0.2, -0.15) is 0 Å². The van der Waals surface area contributed by atoms with Gasteiger partial charge >= 0.3 is 0 Å². The highest BCUT2D eigenvalue weighted by atomic mass is 79.9. The van der Waals surface area contributed by atoms with Crippen molar-refractivity contribution in [3.8, 4) is 0 Å². The molecule has 2 rings (SSSR count). The highest BCUT2D eigenvalue weighted by Crippen LogP contribution is 2.26. The lowest BCUT2D eigenvalue weighted by Crippen LogP contribution is -2.05. The lowest BCUT2D eigenvalue weighted by atomic mass is 10.0. The smallest absolute Gasteiger partial charge is 0.195 e. The second-order valence-electron chi connectivity index (χ2n) is 3.69. The molecule has 0 amide bonds. The number of hydrogen-bond acceptors (Lipinski definition) is 2. The third kappa shape index (κ3) is 2.69. The molecule has 0 saturated carbocycles. The maximum absolute atomic E-state index is 12.2. The Morgan fingerprint density at radius 2 is 1.78 bits per heavy atom. The Morgan fingerprint density at radius 3 is 2.39 bits per heavy atom. The number of benzene rings is 2. The van der Waals surface area contributed by atoms with Crippen LogP contribution in [0.1, 0.15) is 15.9 Å². The van der Waals surface area contributed by atoms with Crippen molar-refractivity contribution in [3.05, 3.63) is 62.0 Å². The van der Waals surface area contributed by atoms with Gasteiger partial charge in [0.1, 0.15) is 0 Å². The van der Waals surface area contributed by atoms with E-state index in [0.717, 1.165) is 4.47 Å². The van der Waals surface area contributed by atoms with E-state index in [1.165, 1.54) is 6.07 Å². The molecule has 0 saturated heterocycles. The third-order valence-corrected chi connectivity index (χ3v) is 3.67. The van der Waals surface area contributed by atoms with E-state index >= 15 is 0 Å². The second-order valence-corrected chi connectivity index (χ2v) is 5.42. The zero-order chi connectivity index (χ0) is 13.3. The number of halogens is 3. The molecule has 92 valence electrons. The van der Waals surface area contributed by atoms with Gasteiger partial charge < -0.3 is 5.73 Å². The van der Waals surface area contributed by atoms with Crippen molar-refractivity contribution in [2.45, 2.75) is 0 Å². The Hall–Kier alpha value is -1.03. The summed E-state index contributed by atoms with van der Waals surface area (Å²) < 4.78 is 0.825. The highest BCUT2D eigenvalue weighted by molar-refractivity contribution is 9.10. The normalized spacial score (nSPS) is 10.4. The van der Waals surface area contributed by atoms with E-state index in [4.69, 9.17) is 28.9 Å². The summed E-state index contributed by atoms with van der Waals surface area (Å²) in [6.07, 6.45) is 0. The molecule has 0 radical (unpaired) electrons. The first-order valence-corrected chi connectivity index (χ1v) is 6.58. The lowest BCUT2D eigenvalue weighted by molar-refractivity contribution is 0.103. The minimum atomic E-state index is -0.182. The van der Waals surface area contributed by atoms with Crippen molar-refractivity contribution in [2.75, 3.05) is 5.73 Å². The number of anilines is 1. The fourth-order valence-corrected chi connectivity index (χ4v) is 2.21. The molecule has 0 spiro atoms. The molecule has 0 bridgehead atoms. The number of hydrogen-bond donors (Lipinski definition) is 1. The first kappa shape index (κ1) is 13.4. The van der Waals surface area contributed by atoms with Crippen LogP contribution in [0.25, 0.3) is 0 Å². The SMILES string of the molecule is Nc1cc(Br)ccc1C(=O)c1ccc(Cl)c(Cl)c1. The van der Waals surface area contributed by atoms with E-state index in [1.807, 2.05) is 0 Å². The predicted molar refractivity (Wildman–Crippen MR) is 78.4 cm³/mol. The van der Waals surface area contributed by atoms with Gasteiger partial charge in [-0.25, -0.2) is 0 Å². The molecule has 0 heterocycles. The van der Waals surface area contributed by atoms with Gasteiger partial charge in [-0.1, -0.05) is 39.1 Å². The topological polar surface area (TPSA) is 43.1 Å². The molecule has 0 aromatic heterocycles. The van der Waals surface area contributed by atoms with E-state index < -0.39 is 0 Å². The Kier molecular flexibility index (Phi) is 3.95. The standard InChI is InChI=1S/C13H8BrCl2NO/c14-8-2-3-9(12(17)6-8)13(18)7-1-4-10(15)11(16)5-7/h1-6H,17H2. The zero-order valence-electron chi connectivity index (χ0n) is 9.08. The van der Waals surface area contributed by atoms with Gasteiger partial charge in [0.15, 0.2) is 5.78 Å². The molecule has 5 heteroatoms. The van der Waals surface area contributed by atoms with Crippen molar-refractivity contribution >= 4 is 50.6 Å². The van der Waals surface area contributed by atoms with E-state index in [9.17, 15) is 4.79 Å². The molecule has 0 aliphatic heterocycles. The summed E-state index contributed by atoms with van der Waals surface area (Å²) >= 11 is 15.0. The Morgan fingerprint density at radius 1 is 1.06 bits per heavy atom. The van der Waals surface area contributed by atoms with Crippen LogP contribution < -0.4 is 5.73 Å². The average molecular weight is 345 g/mol. The maximum Gasteiger partial charge on any atom is 0.195 e. The summed E-state index contributed by atoms with van der Waals surface area (Å²) in [5.74, 6) is -0.182. The van der Waals surface area contributed by atoms with Crippen molar-refractivity contribution in [1.82, 2.24) is 0 Å². The molecule has 0 aliphatic carbocycles. The zero-order valence-corrected chi connectivity index (χ0v) is 12.2. The Balaban J connectivity index is 2.44. The molecular weight excluding hydrogens is 337 g/mol.